The van der Waals surface area contributed by atoms with Gasteiger partial charge in [0.2, 0.25) is 5.82 Å². The van der Waals surface area contributed by atoms with Gasteiger partial charge in [0.05, 0.1) is 11.1 Å². The first-order valence-corrected chi connectivity index (χ1v) is 13.5. The molecule has 37 heavy (non-hydrogen) atoms. The Morgan fingerprint density at radius 3 is 2.46 bits per heavy atom. The second kappa shape index (κ2) is 9.33. The first-order chi connectivity index (χ1) is 18.0. The standard InChI is InChI=1S/C28H23N5O3S/c1-37(36)19-12-13-24-22(15-19)25(28(34)35)23(26(29-24)18-10-11-18)14-16-6-8-17(9-7-16)20-4-2-3-5-21(20)27-30-32-33-31-27/h2-9,12-13,15,18H,10-11,14H2,1H3,(H,34,35)(H,30,31,32,33). The van der Waals surface area contributed by atoms with Gasteiger partial charge in [0.1, 0.15) is 0 Å². The summed E-state index contributed by atoms with van der Waals surface area (Å²) < 4.78 is 12.1. The molecule has 0 bridgehead atoms. The summed E-state index contributed by atoms with van der Waals surface area (Å²) >= 11 is 0. The van der Waals surface area contributed by atoms with Crippen molar-refractivity contribution in [2.24, 2.45) is 0 Å². The number of nitrogens with one attached hydrogen (secondary N) is 1. The normalized spacial score (nSPS) is 14.1. The number of hydrogen-bond acceptors (Lipinski definition) is 6. The van der Waals surface area contributed by atoms with Crippen molar-refractivity contribution >= 4 is 27.7 Å². The molecule has 0 aliphatic heterocycles. The first kappa shape index (κ1) is 23.2. The summed E-state index contributed by atoms with van der Waals surface area (Å²) in [4.78, 5) is 18.1. The van der Waals surface area contributed by atoms with Gasteiger partial charge in [-0.1, -0.05) is 48.5 Å². The Morgan fingerprint density at radius 2 is 1.81 bits per heavy atom. The molecular weight excluding hydrogens is 486 g/mol. The van der Waals surface area contributed by atoms with Crippen LogP contribution in [0.4, 0.5) is 0 Å². The van der Waals surface area contributed by atoms with Crippen LogP contribution in [0.1, 0.15) is 45.9 Å². The molecule has 8 nitrogen and oxygen atoms in total. The molecule has 5 aromatic rings. The van der Waals surface area contributed by atoms with E-state index in [9.17, 15) is 14.1 Å². The summed E-state index contributed by atoms with van der Waals surface area (Å²) in [5, 5.41) is 25.2. The number of benzene rings is 3. The fourth-order valence-corrected chi connectivity index (χ4v) is 5.35. The summed E-state index contributed by atoms with van der Waals surface area (Å²) in [6.07, 6.45) is 4.05. The van der Waals surface area contributed by atoms with Gasteiger partial charge in [0, 0.05) is 50.9 Å². The van der Waals surface area contributed by atoms with E-state index in [1.54, 1.807) is 24.5 Å². The van der Waals surface area contributed by atoms with Gasteiger partial charge in [-0.25, -0.2) is 4.79 Å². The van der Waals surface area contributed by atoms with Crippen molar-refractivity contribution in [3.63, 3.8) is 0 Å². The minimum Gasteiger partial charge on any atom is -0.478 e. The van der Waals surface area contributed by atoms with Gasteiger partial charge in [0.25, 0.3) is 0 Å². The Bertz CT molecular complexity index is 1660. The number of aromatic amines is 1. The van der Waals surface area contributed by atoms with Crippen molar-refractivity contribution in [3.8, 4) is 22.5 Å². The molecule has 6 rings (SSSR count). The molecule has 1 fully saturated rings. The molecule has 1 saturated carbocycles. The lowest BCUT2D eigenvalue weighted by Gasteiger charge is -2.16. The lowest BCUT2D eigenvalue weighted by Crippen LogP contribution is -2.10. The number of pyridine rings is 1. The molecule has 0 amide bonds. The summed E-state index contributed by atoms with van der Waals surface area (Å²) in [6, 6.07) is 21.2. The highest BCUT2D eigenvalue weighted by molar-refractivity contribution is 7.84. The van der Waals surface area contributed by atoms with E-state index >= 15 is 0 Å². The van der Waals surface area contributed by atoms with Crippen molar-refractivity contribution in [1.29, 1.82) is 0 Å². The third-order valence-corrected chi connectivity index (χ3v) is 7.68. The number of aromatic nitrogens is 5. The number of carboxylic acid groups (broad SMARTS) is 1. The van der Waals surface area contributed by atoms with Crippen LogP contribution in [-0.2, 0) is 17.2 Å². The monoisotopic (exact) mass is 509 g/mol. The number of carbonyl (C=O) groups is 1. The Balaban J connectivity index is 1.42. The van der Waals surface area contributed by atoms with Crippen molar-refractivity contribution in [2.75, 3.05) is 6.26 Å². The van der Waals surface area contributed by atoms with Gasteiger partial charge < -0.3 is 5.11 Å². The number of aromatic carboxylic acids is 1. The number of rotatable bonds is 7. The Hall–Kier alpha value is -4.24. The van der Waals surface area contributed by atoms with Crippen molar-refractivity contribution < 1.29 is 14.1 Å². The van der Waals surface area contributed by atoms with Crippen LogP contribution in [0.2, 0.25) is 0 Å². The third-order valence-electron chi connectivity index (χ3n) is 6.76. The molecule has 9 heteroatoms. The first-order valence-electron chi connectivity index (χ1n) is 11.9. The van der Waals surface area contributed by atoms with E-state index in [0.29, 0.717) is 28.0 Å². The molecule has 184 valence electrons. The quantitative estimate of drug-likeness (QED) is 0.317. The number of nitrogens with zero attached hydrogens (tertiary/aromatic N) is 4. The fraction of sp³-hybridized carbons (Fsp3) is 0.179. The number of H-pyrrole nitrogens is 1. The van der Waals surface area contributed by atoms with E-state index in [-0.39, 0.29) is 11.5 Å². The largest absolute Gasteiger partial charge is 0.478 e. The Labute approximate surface area is 215 Å². The molecule has 1 aliphatic rings. The van der Waals surface area contributed by atoms with Crippen molar-refractivity contribution in [2.45, 2.75) is 30.1 Å². The highest BCUT2D eigenvalue weighted by atomic mass is 32.2. The minimum absolute atomic E-state index is 0.255. The van der Waals surface area contributed by atoms with Crippen LogP contribution >= 0.6 is 0 Å². The summed E-state index contributed by atoms with van der Waals surface area (Å²) in [5.74, 6) is -0.193. The molecule has 1 unspecified atom stereocenters. The molecular formula is C28H23N5O3S. The molecule has 2 heterocycles. The Morgan fingerprint density at radius 1 is 1.05 bits per heavy atom. The second-order valence-electron chi connectivity index (χ2n) is 9.22. The van der Waals surface area contributed by atoms with Gasteiger partial charge in [-0.3, -0.25) is 9.19 Å². The van der Waals surface area contributed by atoms with E-state index in [2.05, 4.69) is 20.6 Å². The van der Waals surface area contributed by atoms with Gasteiger partial charge in [0.15, 0.2) is 0 Å². The van der Waals surface area contributed by atoms with Crippen LogP contribution in [0.15, 0.2) is 71.6 Å². The van der Waals surface area contributed by atoms with Gasteiger partial charge in [-0.15, -0.1) is 10.2 Å². The van der Waals surface area contributed by atoms with Gasteiger partial charge in [-0.2, -0.15) is 5.21 Å². The number of carboxylic acids is 1. The lowest BCUT2D eigenvalue weighted by atomic mass is 9.92. The second-order valence-corrected chi connectivity index (χ2v) is 10.6. The summed E-state index contributed by atoms with van der Waals surface area (Å²) in [7, 11) is -1.22. The Kier molecular flexibility index (Phi) is 5.84. The van der Waals surface area contributed by atoms with Crippen LogP contribution in [-0.4, -0.2) is 47.1 Å². The summed E-state index contributed by atoms with van der Waals surface area (Å²) in [6.45, 7) is 0. The molecule has 0 spiro atoms. The van der Waals surface area contributed by atoms with E-state index in [1.165, 1.54) is 0 Å². The third kappa shape index (κ3) is 4.42. The average molecular weight is 510 g/mol. The molecule has 0 radical (unpaired) electrons. The molecule has 3 aromatic carbocycles. The average Bonchev–Trinajstić information content (AvgIpc) is 3.61. The van der Waals surface area contributed by atoms with E-state index in [1.807, 2.05) is 48.5 Å². The highest BCUT2D eigenvalue weighted by Gasteiger charge is 2.31. The van der Waals surface area contributed by atoms with Gasteiger partial charge >= 0.3 is 5.97 Å². The predicted molar refractivity (Wildman–Crippen MR) is 141 cm³/mol. The zero-order valence-electron chi connectivity index (χ0n) is 20.0. The van der Waals surface area contributed by atoms with Crippen molar-refractivity contribution in [1.82, 2.24) is 25.6 Å². The molecule has 2 N–H and O–H groups in total. The van der Waals surface area contributed by atoms with Crippen LogP contribution < -0.4 is 0 Å². The van der Waals surface area contributed by atoms with Crippen molar-refractivity contribution in [3.05, 3.63) is 89.1 Å². The number of hydrogen-bond donors (Lipinski definition) is 2. The molecule has 1 aliphatic carbocycles. The van der Waals surface area contributed by atoms with Gasteiger partial charge in [-0.05, 0) is 58.5 Å². The van der Waals surface area contributed by atoms with E-state index < -0.39 is 16.8 Å². The summed E-state index contributed by atoms with van der Waals surface area (Å²) in [5.41, 5.74) is 6.32. The van der Waals surface area contributed by atoms with Crippen LogP contribution in [0, 0.1) is 0 Å². The molecule has 0 saturated heterocycles. The molecule has 2 aromatic heterocycles. The van der Waals surface area contributed by atoms with Crippen LogP contribution in [0.3, 0.4) is 0 Å². The maximum absolute atomic E-state index is 12.6. The van der Waals surface area contributed by atoms with E-state index in [0.717, 1.165) is 46.4 Å². The van der Waals surface area contributed by atoms with Crippen LogP contribution in [0.25, 0.3) is 33.4 Å². The SMILES string of the molecule is CS(=O)c1ccc2nc(C3CC3)c(Cc3ccc(-c4ccccc4-c4nn[nH]n4)cc3)c(C(=O)O)c2c1. The highest BCUT2D eigenvalue weighted by Crippen LogP contribution is 2.43. The minimum atomic E-state index is -1.22. The maximum atomic E-state index is 12.6. The zero-order valence-corrected chi connectivity index (χ0v) is 20.8. The van der Waals surface area contributed by atoms with E-state index in [4.69, 9.17) is 4.98 Å². The van der Waals surface area contributed by atoms with Crippen LogP contribution in [0.5, 0.6) is 0 Å². The smallest absolute Gasteiger partial charge is 0.336 e. The zero-order chi connectivity index (χ0) is 25.5. The molecule has 1 atom stereocenters. The number of fused-ring (bicyclic) bond motifs is 1. The maximum Gasteiger partial charge on any atom is 0.336 e. The predicted octanol–water partition coefficient (Wildman–Crippen LogP) is 4.99. The fourth-order valence-electron chi connectivity index (χ4n) is 4.81. The topological polar surface area (TPSA) is 122 Å². The lowest BCUT2D eigenvalue weighted by molar-refractivity contribution is 0.0697. The number of tetrazole rings is 1.